The van der Waals surface area contributed by atoms with Crippen molar-refractivity contribution < 1.29 is 0 Å². The van der Waals surface area contributed by atoms with Crippen LogP contribution in [0.25, 0.3) is 11.2 Å². The summed E-state index contributed by atoms with van der Waals surface area (Å²) < 4.78 is 4.26. The number of anilines is 1. The highest BCUT2D eigenvalue weighted by atomic mass is 15.3. The molecule has 1 saturated heterocycles. The van der Waals surface area contributed by atoms with Crippen LogP contribution in [0.1, 0.15) is 62.0 Å². The maximum absolute atomic E-state index is 5.11. The summed E-state index contributed by atoms with van der Waals surface area (Å²) in [5.74, 6) is 0.796. The van der Waals surface area contributed by atoms with Gasteiger partial charge < -0.3 is 14.0 Å². The maximum atomic E-state index is 5.11. The fraction of sp³-hybridized carbons (Fsp3) is 0.462. The normalized spacial score (nSPS) is 15.5. The predicted octanol–water partition coefficient (Wildman–Crippen LogP) is 4.60. The summed E-state index contributed by atoms with van der Waals surface area (Å²) in [6.45, 7) is 10.8. The van der Waals surface area contributed by atoms with E-state index >= 15 is 0 Å². The van der Waals surface area contributed by atoms with Crippen LogP contribution in [-0.2, 0) is 18.9 Å². The van der Waals surface area contributed by atoms with E-state index in [1.807, 2.05) is 30.5 Å². The molecule has 1 aliphatic heterocycles. The smallest absolute Gasteiger partial charge is 0.227 e. The Kier molecular flexibility index (Phi) is 5.43. The van der Waals surface area contributed by atoms with Crippen molar-refractivity contribution >= 4 is 17.1 Å². The minimum atomic E-state index is 0.112. The number of fused-ring (bicyclic) bond motifs is 1. The zero-order valence-corrected chi connectivity index (χ0v) is 20.3. The summed E-state index contributed by atoms with van der Waals surface area (Å²) in [7, 11) is 2.02. The molecule has 3 aromatic heterocycles. The fourth-order valence-electron chi connectivity index (χ4n) is 4.75. The fourth-order valence-corrected chi connectivity index (χ4v) is 4.75. The minimum absolute atomic E-state index is 0.112. The number of nitrogens with zero attached hydrogens (tertiary/aromatic N) is 7. The van der Waals surface area contributed by atoms with Gasteiger partial charge in [0.05, 0.1) is 18.3 Å². The largest absolute Gasteiger partial charge is 0.341 e. The third-order valence-corrected chi connectivity index (χ3v) is 6.90. The number of hydrogen-bond acceptors (Lipinski definition) is 5. The zero-order chi connectivity index (χ0) is 23.2. The lowest BCUT2D eigenvalue weighted by Gasteiger charge is -2.32. The first-order valence-electron chi connectivity index (χ1n) is 11.8. The Morgan fingerprint density at radius 1 is 1.06 bits per heavy atom. The topological polar surface area (TPSA) is 64.7 Å². The lowest BCUT2D eigenvalue weighted by Crippen LogP contribution is -2.35. The van der Waals surface area contributed by atoms with Crippen LogP contribution in [0.5, 0.6) is 0 Å². The average molecular weight is 444 g/mol. The molecule has 1 aromatic carbocycles. The van der Waals surface area contributed by atoms with Crippen molar-refractivity contribution in [1.82, 2.24) is 29.1 Å². The molecule has 1 fully saturated rings. The van der Waals surface area contributed by atoms with Gasteiger partial charge in [0.2, 0.25) is 5.95 Å². The summed E-state index contributed by atoms with van der Waals surface area (Å²) in [5.41, 5.74) is 6.90. The van der Waals surface area contributed by atoms with E-state index in [9.17, 15) is 0 Å². The van der Waals surface area contributed by atoms with Gasteiger partial charge in [-0.2, -0.15) is 4.98 Å². The molecule has 0 saturated carbocycles. The Labute approximate surface area is 195 Å². The van der Waals surface area contributed by atoms with Crippen LogP contribution in [-0.4, -0.2) is 42.2 Å². The quantitative estimate of drug-likeness (QED) is 0.461. The van der Waals surface area contributed by atoms with Crippen LogP contribution in [0.2, 0.25) is 0 Å². The molecule has 0 unspecified atom stereocenters. The SMILES string of the molecule is Cc1ccc(C(C)(C)C)cc1Cc1nc(N2CCC(n3ccnc3)CC2)nc2ncn(C)c12. The van der Waals surface area contributed by atoms with Gasteiger partial charge in [-0.05, 0) is 41.9 Å². The number of aromatic nitrogens is 6. The summed E-state index contributed by atoms with van der Waals surface area (Å²) in [4.78, 5) is 21.1. The van der Waals surface area contributed by atoms with Crippen molar-refractivity contribution in [2.24, 2.45) is 7.05 Å². The van der Waals surface area contributed by atoms with Crippen molar-refractivity contribution in [3.63, 3.8) is 0 Å². The molecule has 0 radical (unpaired) electrons. The molecule has 0 bridgehead atoms. The standard InChI is InChI=1S/C26H33N7/c1-18-6-7-20(26(2,3)4)14-19(18)15-22-23-24(28-17-31(23)5)30-25(29-22)32-11-8-21(9-12-32)33-13-10-27-16-33/h6-7,10,13-14,16-17,21H,8-9,11-12,15H2,1-5H3. The van der Waals surface area contributed by atoms with Crippen molar-refractivity contribution in [1.29, 1.82) is 0 Å². The number of hydrogen-bond donors (Lipinski definition) is 0. The van der Waals surface area contributed by atoms with Crippen molar-refractivity contribution in [3.05, 3.63) is 65.6 Å². The van der Waals surface area contributed by atoms with E-state index in [4.69, 9.17) is 9.97 Å². The van der Waals surface area contributed by atoms with E-state index in [-0.39, 0.29) is 5.41 Å². The molecule has 0 atom stereocenters. The Bertz CT molecular complexity index is 1260. The van der Waals surface area contributed by atoms with E-state index in [0.29, 0.717) is 6.04 Å². The molecule has 0 amide bonds. The molecule has 0 N–H and O–H groups in total. The number of benzene rings is 1. The first-order chi connectivity index (χ1) is 15.8. The summed E-state index contributed by atoms with van der Waals surface area (Å²) in [6.07, 6.45) is 10.6. The second-order valence-corrected chi connectivity index (χ2v) is 10.3. The Morgan fingerprint density at radius 3 is 2.55 bits per heavy atom. The molecule has 4 heterocycles. The molecule has 0 aliphatic carbocycles. The number of rotatable bonds is 4. The monoisotopic (exact) mass is 443 g/mol. The van der Waals surface area contributed by atoms with Crippen LogP contribution in [0.15, 0.2) is 43.2 Å². The summed E-state index contributed by atoms with van der Waals surface area (Å²) in [6, 6.07) is 7.31. The highest BCUT2D eigenvalue weighted by Crippen LogP contribution is 2.29. The minimum Gasteiger partial charge on any atom is -0.341 e. The van der Waals surface area contributed by atoms with E-state index in [1.54, 1.807) is 0 Å². The number of imidazole rings is 2. The summed E-state index contributed by atoms with van der Waals surface area (Å²) >= 11 is 0. The molecule has 4 aromatic rings. The van der Waals surface area contributed by atoms with E-state index in [2.05, 4.69) is 71.5 Å². The molecular weight excluding hydrogens is 410 g/mol. The molecular formula is C26H33N7. The van der Waals surface area contributed by atoms with E-state index in [0.717, 1.165) is 55.2 Å². The van der Waals surface area contributed by atoms with Gasteiger partial charge in [-0.1, -0.05) is 39.0 Å². The Morgan fingerprint density at radius 2 is 1.85 bits per heavy atom. The van der Waals surface area contributed by atoms with E-state index < -0.39 is 0 Å². The van der Waals surface area contributed by atoms with Gasteiger partial charge in [0.25, 0.3) is 0 Å². The van der Waals surface area contributed by atoms with Crippen molar-refractivity contribution in [2.75, 3.05) is 18.0 Å². The molecule has 7 nitrogen and oxygen atoms in total. The molecule has 1 aliphatic rings. The predicted molar refractivity (Wildman–Crippen MR) is 132 cm³/mol. The summed E-state index contributed by atoms with van der Waals surface area (Å²) in [5, 5.41) is 0. The second kappa shape index (κ2) is 8.28. The van der Waals surface area contributed by atoms with Gasteiger partial charge in [-0.3, -0.25) is 0 Å². The first-order valence-corrected chi connectivity index (χ1v) is 11.8. The molecule has 5 rings (SSSR count). The van der Waals surface area contributed by atoms with Gasteiger partial charge in [-0.25, -0.2) is 15.0 Å². The van der Waals surface area contributed by atoms with Gasteiger partial charge >= 0.3 is 0 Å². The van der Waals surface area contributed by atoms with Crippen molar-refractivity contribution in [2.45, 2.75) is 58.4 Å². The molecule has 0 spiro atoms. The van der Waals surface area contributed by atoms with Crippen LogP contribution < -0.4 is 4.90 Å². The van der Waals surface area contributed by atoms with Gasteiger partial charge in [0.1, 0.15) is 5.52 Å². The highest BCUT2D eigenvalue weighted by molar-refractivity contribution is 5.75. The molecule has 33 heavy (non-hydrogen) atoms. The third kappa shape index (κ3) is 4.24. The second-order valence-electron chi connectivity index (χ2n) is 10.3. The van der Waals surface area contributed by atoms with Crippen LogP contribution in [0.4, 0.5) is 5.95 Å². The zero-order valence-electron chi connectivity index (χ0n) is 20.3. The number of piperidine rings is 1. The lowest BCUT2D eigenvalue weighted by atomic mass is 9.84. The Balaban J connectivity index is 1.47. The average Bonchev–Trinajstić information content (AvgIpc) is 3.45. The van der Waals surface area contributed by atoms with Gasteiger partial charge in [0, 0.05) is 45.0 Å². The van der Waals surface area contributed by atoms with Crippen LogP contribution in [0, 0.1) is 6.92 Å². The Hall–Kier alpha value is -3.22. The van der Waals surface area contributed by atoms with Gasteiger partial charge in [0.15, 0.2) is 5.65 Å². The van der Waals surface area contributed by atoms with Crippen molar-refractivity contribution in [3.8, 4) is 0 Å². The molecule has 172 valence electrons. The highest BCUT2D eigenvalue weighted by Gasteiger charge is 2.24. The van der Waals surface area contributed by atoms with E-state index in [1.165, 1.54) is 16.7 Å². The van der Waals surface area contributed by atoms with Gasteiger partial charge in [-0.15, -0.1) is 0 Å². The molecule has 7 heteroatoms. The lowest BCUT2D eigenvalue weighted by molar-refractivity contribution is 0.393. The van der Waals surface area contributed by atoms with Crippen LogP contribution >= 0.6 is 0 Å². The third-order valence-electron chi connectivity index (χ3n) is 6.90. The number of aryl methyl sites for hydroxylation is 2. The van der Waals surface area contributed by atoms with Crippen LogP contribution in [0.3, 0.4) is 0 Å². The first kappa shape index (κ1) is 21.6. The maximum Gasteiger partial charge on any atom is 0.227 e.